The Labute approximate surface area is 124 Å². The number of halogens is 2. The Balaban J connectivity index is 2.15. The number of nitrogens with zero attached hydrogens (tertiary/aromatic N) is 2. The summed E-state index contributed by atoms with van der Waals surface area (Å²) in [4.78, 5) is 6.38. The van der Waals surface area contributed by atoms with Crippen molar-refractivity contribution in [1.82, 2.24) is 4.98 Å². The summed E-state index contributed by atoms with van der Waals surface area (Å²) in [6.45, 7) is 1.23. The number of anilines is 1. The molecule has 0 aromatic carbocycles. The van der Waals surface area contributed by atoms with E-state index < -0.39 is 0 Å². The summed E-state index contributed by atoms with van der Waals surface area (Å²) >= 11 is 11.3. The van der Waals surface area contributed by atoms with Gasteiger partial charge >= 0.3 is 0 Å². The van der Waals surface area contributed by atoms with Gasteiger partial charge in [-0.25, -0.2) is 4.98 Å². The minimum Gasteiger partial charge on any atom is -0.354 e. The lowest BCUT2D eigenvalue weighted by atomic mass is 10.2. The molecule has 0 aliphatic rings. The van der Waals surface area contributed by atoms with Crippen LogP contribution in [-0.4, -0.2) is 12.0 Å². The monoisotopic (exact) mass is 345 g/mol. The maximum Gasteiger partial charge on any atom is 0.147 e. The molecule has 0 aliphatic heterocycles. The lowest BCUT2D eigenvalue weighted by Gasteiger charge is -2.19. The average Bonchev–Trinajstić information content (AvgIpc) is 2.74. The van der Waals surface area contributed by atoms with Crippen molar-refractivity contribution in [2.75, 3.05) is 11.9 Å². The summed E-state index contributed by atoms with van der Waals surface area (Å²) in [5, 5.41) is 2.75. The second-order valence-corrected chi connectivity index (χ2v) is 6.67. The highest BCUT2D eigenvalue weighted by molar-refractivity contribution is 9.11. The maximum absolute atomic E-state index is 6.21. The van der Waals surface area contributed by atoms with Gasteiger partial charge in [0.25, 0.3) is 0 Å². The Morgan fingerprint density at radius 2 is 2.22 bits per heavy atom. The van der Waals surface area contributed by atoms with Gasteiger partial charge in [0.05, 0.1) is 8.81 Å². The minimum atomic E-state index is 0.453. The smallest absolute Gasteiger partial charge is 0.147 e. The minimum absolute atomic E-state index is 0.453. The second kappa shape index (κ2) is 6.02. The van der Waals surface area contributed by atoms with Crippen LogP contribution in [0.15, 0.2) is 27.5 Å². The number of thiophene rings is 1. The molecular formula is C12H13BrClN3S. The summed E-state index contributed by atoms with van der Waals surface area (Å²) in [6, 6.07) is 3.97. The molecule has 2 heterocycles. The molecule has 0 bridgehead atoms. The van der Waals surface area contributed by atoms with Crippen molar-refractivity contribution in [3.05, 3.63) is 43.6 Å². The molecule has 0 aliphatic carbocycles. The molecule has 18 heavy (non-hydrogen) atoms. The first-order valence-corrected chi connectivity index (χ1v) is 7.43. The summed E-state index contributed by atoms with van der Waals surface area (Å²) in [5.74, 6) is 0.774. The number of hydrogen-bond acceptors (Lipinski definition) is 4. The normalized spacial score (nSPS) is 10.7. The van der Waals surface area contributed by atoms with Crippen molar-refractivity contribution >= 4 is 44.7 Å². The molecule has 0 saturated carbocycles. The van der Waals surface area contributed by atoms with Crippen molar-refractivity contribution < 1.29 is 0 Å². The van der Waals surface area contributed by atoms with E-state index in [0.717, 1.165) is 21.7 Å². The fraction of sp³-hybridized carbons (Fsp3) is 0.250. The van der Waals surface area contributed by atoms with Crippen molar-refractivity contribution in [3.63, 3.8) is 0 Å². The highest BCUT2D eigenvalue weighted by Gasteiger charge is 2.10. The van der Waals surface area contributed by atoms with Gasteiger partial charge in [-0.3, -0.25) is 0 Å². The van der Waals surface area contributed by atoms with Gasteiger partial charge in [0.1, 0.15) is 5.82 Å². The molecule has 6 heteroatoms. The molecule has 0 fully saturated rings. The van der Waals surface area contributed by atoms with Crippen molar-refractivity contribution in [3.8, 4) is 0 Å². The first-order chi connectivity index (χ1) is 8.60. The van der Waals surface area contributed by atoms with E-state index >= 15 is 0 Å². The van der Waals surface area contributed by atoms with Crippen LogP contribution in [-0.2, 0) is 13.1 Å². The number of hydrogen-bond donors (Lipinski definition) is 1. The predicted octanol–water partition coefficient (Wildman–Crippen LogP) is 3.65. The third kappa shape index (κ3) is 3.23. The lowest BCUT2D eigenvalue weighted by molar-refractivity contribution is 0.896. The van der Waals surface area contributed by atoms with E-state index in [1.165, 1.54) is 5.56 Å². The molecule has 0 atom stereocenters. The van der Waals surface area contributed by atoms with Crippen molar-refractivity contribution in [2.45, 2.75) is 13.1 Å². The Kier molecular flexibility index (Phi) is 4.61. The summed E-state index contributed by atoms with van der Waals surface area (Å²) in [6.07, 6.45) is 1.77. The van der Waals surface area contributed by atoms with Gasteiger partial charge < -0.3 is 10.6 Å². The van der Waals surface area contributed by atoms with E-state index in [2.05, 4.69) is 32.4 Å². The fourth-order valence-electron chi connectivity index (χ4n) is 1.64. The van der Waals surface area contributed by atoms with Gasteiger partial charge in [0.2, 0.25) is 0 Å². The van der Waals surface area contributed by atoms with Crippen LogP contribution in [0.2, 0.25) is 5.02 Å². The first kappa shape index (κ1) is 13.8. The molecule has 0 unspecified atom stereocenters. The summed E-state index contributed by atoms with van der Waals surface area (Å²) in [7, 11) is 1.97. The number of aromatic nitrogens is 1. The van der Waals surface area contributed by atoms with Gasteiger partial charge in [0, 0.05) is 26.3 Å². The van der Waals surface area contributed by atoms with Gasteiger partial charge in [-0.05, 0) is 44.6 Å². The Morgan fingerprint density at radius 1 is 1.44 bits per heavy atom. The number of rotatable bonds is 4. The van der Waals surface area contributed by atoms with Crippen LogP contribution in [0.3, 0.4) is 0 Å². The van der Waals surface area contributed by atoms with Crippen LogP contribution in [0, 0.1) is 0 Å². The lowest BCUT2D eigenvalue weighted by Crippen LogP contribution is -2.18. The van der Waals surface area contributed by atoms with E-state index in [1.807, 2.05) is 18.0 Å². The summed E-state index contributed by atoms with van der Waals surface area (Å²) in [5.41, 5.74) is 7.73. The van der Waals surface area contributed by atoms with Crippen molar-refractivity contribution in [1.29, 1.82) is 0 Å². The van der Waals surface area contributed by atoms with Gasteiger partial charge in [0.15, 0.2) is 0 Å². The van der Waals surface area contributed by atoms with Crippen LogP contribution in [0.5, 0.6) is 0 Å². The van der Waals surface area contributed by atoms with Gasteiger partial charge in [-0.2, -0.15) is 0 Å². The molecule has 2 N–H and O–H groups in total. The van der Waals surface area contributed by atoms with E-state index in [4.69, 9.17) is 17.3 Å². The molecule has 2 aromatic heterocycles. The van der Waals surface area contributed by atoms with Crippen LogP contribution in [0.1, 0.15) is 11.1 Å². The van der Waals surface area contributed by atoms with Gasteiger partial charge in [-0.15, -0.1) is 11.3 Å². The topological polar surface area (TPSA) is 42.2 Å². The van der Waals surface area contributed by atoms with E-state index in [-0.39, 0.29) is 0 Å². The average molecular weight is 347 g/mol. The molecule has 96 valence electrons. The van der Waals surface area contributed by atoms with Gasteiger partial charge in [-0.1, -0.05) is 11.6 Å². The Bertz CT molecular complexity index is 544. The highest BCUT2D eigenvalue weighted by atomic mass is 79.9. The predicted molar refractivity (Wildman–Crippen MR) is 81.3 cm³/mol. The SMILES string of the molecule is CN(Cc1csc(Br)c1)c1ncc(CN)cc1Cl. The zero-order valence-corrected chi connectivity index (χ0v) is 13.0. The molecule has 0 saturated heterocycles. The molecular weight excluding hydrogens is 334 g/mol. The summed E-state index contributed by atoms with van der Waals surface area (Å²) < 4.78 is 1.13. The molecule has 0 radical (unpaired) electrons. The van der Waals surface area contributed by atoms with Crippen LogP contribution in [0.25, 0.3) is 0 Å². The van der Waals surface area contributed by atoms with E-state index in [9.17, 15) is 0 Å². The van der Waals surface area contributed by atoms with Crippen molar-refractivity contribution in [2.24, 2.45) is 5.73 Å². The third-order valence-electron chi connectivity index (χ3n) is 2.52. The standard InChI is InChI=1S/C12H13BrClN3S/c1-17(6-9-3-11(13)18-7-9)12-10(14)2-8(4-15)5-16-12/h2-3,5,7H,4,6,15H2,1H3. The first-order valence-electron chi connectivity index (χ1n) is 5.38. The molecule has 2 rings (SSSR count). The molecule has 2 aromatic rings. The molecule has 0 amide bonds. The largest absolute Gasteiger partial charge is 0.354 e. The third-order valence-corrected chi connectivity index (χ3v) is 4.35. The van der Waals surface area contributed by atoms with E-state index in [0.29, 0.717) is 11.6 Å². The fourth-order valence-corrected chi connectivity index (χ4v) is 3.17. The zero-order valence-electron chi connectivity index (χ0n) is 9.86. The van der Waals surface area contributed by atoms with Crippen LogP contribution in [0.4, 0.5) is 5.82 Å². The highest BCUT2D eigenvalue weighted by Crippen LogP contribution is 2.26. The molecule has 0 spiro atoms. The van der Waals surface area contributed by atoms with Crippen LogP contribution >= 0.6 is 38.9 Å². The zero-order chi connectivity index (χ0) is 13.1. The van der Waals surface area contributed by atoms with Crippen LogP contribution < -0.4 is 10.6 Å². The quantitative estimate of drug-likeness (QED) is 0.918. The second-order valence-electron chi connectivity index (χ2n) is 3.97. The Hall–Kier alpha value is -0.620. The number of nitrogens with two attached hydrogens (primary N) is 1. The Morgan fingerprint density at radius 3 is 2.78 bits per heavy atom. The van der Waals surface area contributed by atoms with E-state index in [1.54, 1.807) is 17.5 Å². The molecule has 3 nitrogen and oxygen atoms in total. The maximum atomic E-state index is 6.21. The number of pyridine rings is 1.